The molecule has 2 aromatic heterocycles. The molecule has 1 saturated heterocycles. The van der Waals surface area contributed by atoms with E-state index in [0.29, 0.717) is 12.0 Å². The number of ether oxygens (including phenoxy) is 1. The minimum Gasteiger partial charge on any atom is -0.397 e. The lowest BCUT2D eigenvalue weighted by Gasteiger charge is -2.31. The Labute approximate surface area is 155 Å². The maximum Gasteiger partial charge on any atom is 0.227 e. The molecule has 0 saturated carbocycles. The zero-order valence-corrected chi connectivity index (χ0v) is 15.8. The van der Waals surface area contributed by atoms with Crippen LogP contribution < -0.4 is 16.0 Å². The summed E-state index contributed by atoms with van der Waals surface area (Å²) in [5, 5.41) is 3.28. The van der Waals surface area contributed by atoms with Gasteiger partial charge < -0.3 is 20.7 Å². The van der Waals surface area contributed by atoms with Crippen LogP contribution in [0.15, 0.2) is 24.5 Å². The number of aromatic nitrogens is 3. The van der Waals surface area contributed by atoms with Crippen LogP contribution >= 0.6 is 0 Å². The van der Waals surface area contributed by atoms with Crippen LogP contribution in [0.2, 0.25) is 0 Å². The number of piperidine rings is 1. The summed E-state index contributed by atoms with van der Waals surface area (Å²) in [4.78, 5) is 15.6. The Morgan fingerprint density at radius 2 is 2.04 bits per heavy atom. The van der Waals surface area contributed by atoms with Gasteiger partial charge in [0.05, 0.1) is 18.0 Å². The van der Waals surface area contributed by atoms with Gasteiger partial charge in [-0.1, -0.05) is 13.8 Å². The highest BCUT2D eigenvalue weighted by atomic mass is 16.5. The molecule has 7 heteroatoms. The number of pyridine rings is 1. The van der Waals surface area contributed by atoms with Gasteiger partial charge in [-0.2, -0.15) is 4.98 Å². The number of hydrogen-bond acceptors (Lipinski definition) is 7. The Morgan fingerprint density at radius 1 is 1.27 bits per heavy atom. The van der Waals surface area contributed by atoms with Gasteiger partial charge in [-0.05, 0) is 42.9 Å². The lowest BCUT2D eigenvalue weighted by atomic mass is 10.0. The Balaban J connectivity index is 1.71. The van der Waals surface area contributed by atoms with Crippen molar-refractivity contribution in [3.63, 3.8) is 0 Å². The average Bonchev–Trinajstić information content (AvgIpc) is 2.64. The number of nitrogens with two attached hydrogens (primary N) is 1. The molecule has 3 N–H and O–H groups in total. The van der Waals surface area contributed by atoms with E-state index in [0.717, 1.165) is 61.2 Å². The van der Waals surface area contributed by atoms with Gasteiger partial charge in [0.2, 0.25) is 5.95 Å². The molecular formula is C19H28N6O. The first-order valence-electron chi connectivity index (χ1n) is 9.17. The van der Waals surface area contributed by atoms with Crippen molar-refractivity contribution in [1.82, 2.24) is 15.0 Å². The molecule has 140 valence electrons. The number of nitrogen functional groups attached to an aromatic ring is 1. The summed E-state index contributed by atoms with van der Waals surface area (Å²) < 4.78 is 5.43. The zero-order chi connectivity index (χ0) is 18.5. The van der Waals surface area contributed by atoms with Crippen LogP contribution in [0.5, 0.6) is 0 Å². The topological polar surface area (TPSA) is 89.2 Å². The lowest BCUT2D eigenvalue weighted by Crippen LogP contribution is -2.37. The molecule has 0 radical (unpaired) electrons. The van der Waals surface area contributed by atoms with Crippen LogP contribution in [0.25, 0.3) is 0 Å². The molecule has 1 aliphatic rings. The highest BCUT2D eigenvalue weighted by molar-refractivity contribution is 5.58. The van der Waals surface area contributed by atoms with Crippen LogP contribution in [0.4, 0.5) is 23.3 Å². The van der Waals surface area contributed by atoms with E-state index in [1.165, 1.54) is 0 Å². The Bertz CT molecular complexity index is 728. The summed E-state index contributed by atoms with van der Waals surface area (Å²) in [7, 11) is 1.77. The highest BCUT2D eigenvalue weighted by Gasteiger charge is 2.20. The molecule has 0 amide bonds. The molecule has 0 bridgehead atoms. The Morgan fingerprint density at radius 3 is 2.73 bits per heavy atom. The van der Waals surface area contributed by atoms with Gasteiger partial charge in [0.1, 0.15) is 11.6 Å². The van der Waals surface area contributed by atoms with E-state index in [2.05, 4.69) is 39.0 Å². The minimum atomic E-state index is 0.339. The van der Waals surface area contributed by atoms with E-state index in [4.69, 9.17) is 10.5 Å². The molecule has 0 aliphatic carbocycles. The SMILES string of the molecule is COC1CCN(c2nccc(Nc3cc(CC(C)C)c(N)cn3)n2)CC1. The van der Waals surface area contributed by atoms with Gasteiger partial charge in [-0.15, -0.1) is 0 Å². The van der Waals surface area contributed by atoms with Gasteiger partial charge in [0.25, 0.3) is 0 Å². The van der Waals surface area contributed by atoms with Crippen LogP contribution in [0.1, 0.15) is 32.3 Å². The van der Waals surface area contributed by atoms with E-state index in [1.54, 1.807) is 19.5 Å². The monoisotopic (exact) mass is 356 g/mol. The molecular weight excluding hydrogens is 328 g/mol. The zero-order valence-electron chi connectivity index (χ0n) is 15.8. The second-order valence-electron chi connectivity index (χ2n) is 7.16. The third-order valence-electron chi connectivity index (χ3n) is 4.61. The summed E-state index contributed by atoms with van der Waals surface area (Å²) in [6.45, 7) is 6.16. The molecule has 1 fully saturated rings. The van der Waals surface area contributed by atoms with Crippen LogP contribution in [0.3, 0.4) is 0 Å². The van der Waals surface area contributed by atoms with E-state index < -0.39 is 0 Å². The van der Waals surface area contributed by atoms with Crippen molar-refractivity contribution in [1.29, 1.82) is 0 Å². The second-order valence-corrected chi connectivity index (χ2v) is 7.16. The number of rotatable bonds is 6. The van der Waals surface area contributed by atoms with Gasteiger partial charge in [-0.3, -0.25) is 0 Å². The van der Waals surface area contributed by atoms with E-state index >= 15 is 0 Å². The molecule has 2 aromatic rings. The molecule has 1 aliphatic heterocycles. The van der Waals surface area contributed by atoms with Crippen molar-refractivity contribution in [2.45, 2.75) is 39.2 Å². The largest absolute Gasteiger partial charge is 0.397 e. The predicted octanol–water partition coefficient (Wildman–Crippen LogP) is 3.01. The van der Waals surface area contributed by atoms with E-state index in [9.17, 15) is 0 Å². The Kier molecular flexibility index (Phi) is 5.88. The standard InChI is InChI=1S/C19H28N6O/c1-13(2)10-14-11-18(22-12-16(14)20)23-17-4-7-21-19(24-17)25-8-5-15(26-3)6-9-25/h4,7,11-13,15H,5-6,8-10,20H2,1-3H3,(H,21,22,23,24). The number of nitrogens with one attached hydrogen (secondary N) is 1. The lowest BCUT2D eigenvalue weighted by molar-refractivity contribution is 0.0816. The van der Waals surface area contributed by atoms with Crippen molar-refractivity contribution < 1.29 is 4.74 Å². The van der Waals surface area contributed by atoms with Crippen LogP contribution in [0, 0.1) is 5.92 Å². The molecule has 7 nitrogen and oxygen atoms in total. The molecule has 0 atom stereocenters. The molecule has 0 aromatic carbocycles. The van der Waals surface area contributed by atoms with Gasteiger partial charge in [0, 0.05) is 26.4 Å². The minimum absolute atomic E-state index is 0.339. The van der Waals surface area contributed by atoms with Gasteiger partial charge >= 0.3 is 0 Å². The highest BCUT2D eigenvalue weighted by Crippen LogP contribution is 2.22. The number of anilines is 4. The van der Waals surface area contributed by atoms with Crippen LogP contribution in [-0.4, -0.2) is 41.3 Å². The number of methoxy groups -OCH3 is 1. The maximum absolute atomic E-state index is 6.04. The quantitative estimate of drug-likeness (QED) is 0.822. The van der Waals surface area contributed by atoms with Crippen molar-refractivity contribution in [3.05, 3.63) is 30.1 Å². The third kappa shape index (κ3) is 4.60. The third-order valence-corrected chi connectivity index (χ3v) is 4.61. The smallest absolute Gasteiger partial charge is 0.227 e. The number of nitrogens with zero attached hydrogens (tertiary/aromatic N) is 4. The molecule has 0 spiro atoms. The van der Waals surface area contributed by atoms with E-state index in [1.807, 2.05) is 12.1 Å². The first-order valence-corrected chi connectivity index (χ1v) is 9.17. The first kappa shape index (κ1) is 18.4. The first-order chi connectivity index (χ1) is 12.5. The van der Waals surface area contributed by atoms with Crippen LogP contribution in [-0.2, 0) is 11.2 Å². The molecule has 26 heavy (non-hydrogen) atoms. The van der Waals surface area contributed by atoms with Crippen molar-refractivity contribution in [2.24, 2.45) is 5.92 Å². The van der Waals surface area contributed by atoms with Crippen molar-refractivity contribution >= 4 is 23.3 Å². The molecule has 3 heterocycles. The Hall–Kier alpha value is -2.41. The van der Waals surface area contributed by atoms with Crippen molar-refractivity contribution in [2.75, 3.05) is 36.1 Å². The normalized spacial score (nSPS) is 15.5. The summed E-state index contributed by atoms with van der Waals surface area (Å²) >= 11 is 0. The fraction of sp³-hybridized carbons (Fsp3) is 0.526. The number of hydrogen-bond donors (Lipinski definition) is 2. The summed E-state index contributed by atoms with van der Waals surface area (Å²) in [5.74, 6) is 2.75. The summed E-state index contributed by atoms with van der Waals surface area (Å²) in [6, 6.07) is 3.85. The summed E-state index contributed by atoms with van der Waals surface area (Å²) in [6.07, 6.45) is 6.74. The predicted molar refractivity (Wildman–Crippen MR) is 105 cm³/mol. The fourth-order valence-corrected chi connectivity index (χ4v) is 3.19. The molecule has 0 unspecified atom stereocenters. The molecule has 3 rings (SSSR count). The van der Waals surface area contributed by atoms with Crippen molar-refractivity contribution in [3.8, 4) is 0 Å². The van der Waals surface area contributed by atoms with Gasteiger partial charge in [-0.25, -0.2) is 9.97 Å². The summed E-state index contributed by atoms with van der Waals surface area (Å²) in [5.41, 5.74) is 7.88. The van der Waals surface area contributed by atoms with E-state index in [-0.39, 0.29) is 0 Å². The fourth-order valence-electron chi connectivity index (χ4n) is 3.19. The second kappa shape index (κ2) is 8.31. The average molecular weight is 356 g/mol. The van der Waals surface area contributed by atoms with Gasteiger partial charge in [0.15, 0.2) is 0 Å². The maximum atomic E-state index is 6.04.